The number of rotatable bonds is 2. The Morgan fingerprint density at radius 3 is 2.22 bits per heavy atom. The Hall–Kier alpha value is -2.60. The Kier molecular flexibility index (Phi) is 5.25. The van der Waals surface area contributed by atoms with E-state index in [-0.39, 0.29) is 6.10 Å². The fourth-order valence-electron chi connectivity index (χ4n) is 3.52. The Bertz CT molecular complexity index is 966. The van der Waals surface area contributed by atoms with Crippen LogP contribution in [0.2, 0.25) is 5.02 Å². The Balaban J connectivity index is 1.45. The number of pyridine rings is 1. The molecule has 1 N–H and O–H groups in total. The van der Waals surface area contributed by atoms with Crippen molar-refractivity contribution in [3.63, 3.8) is 0 Å². The van der Waals surface area contributed by atoms with Crippen molar-refractivity contribution in [1.29, 1.82) is 0 Å². The first-order valence-corrected chi connectivity index (χ1v) is 9.57. The third-order valence-electron chi connectivity index (χ3n) is 5.06. The molecule has 1 aliphatic carbocycles. The maximum absolute atomic E-state index is 9.69. The highest BCUT2D eigenvalue weighted by Crippen LogP contribution is 2.34. The van der Waals surface area contributed by atoms with Crippen LogP contribution >= 0.6 is 11.6 Å². The van der Waals surface area contributed by atoms with Crippen molar-refractivity contribution in [2.45, 2.75) is 31.3 Å². The van der Waals surface area contributed by atoms with Crippen LogP contribution in [0.4, 0.5) is 0 Å². The maximum atomic E-state index is 9.69. The lowest BCUT2D eigenvalue weighted by molar-refractivity contribution is 0.181. The highest BCUT2D eigenvalue weighted by Gasteiger charge is 2.23. The van der Waals surface area contributed by atoms with Gasteiger partial charge in [-0.15, -0.1) is 0 Å². The number of benzene rings is 2. The summed E-state index contributed by atoms with van der Waals surface area (Å²) in [6.07, 6.45) is 4.54. The molecule has 1 aliphatic rings. The van der Waals surface area contributed by atoms with Gasteiger partial charge in [0.05, 0.1) is 6.10 Å². The van der Waals surface area contributed by atoms with E-state index in [1.165, 1.54) is 5.56 Å². The highest BCUT2D eigenvalue weighted by atomic mass is 35.5. The van der Waals surface area contributed by atoms with Gasteiger partial charge in [-0.3, -0.25) is 0 Å². The van der Waals surface area contributed by atoms with Crippen LogP contribution in [0.25, 0.3) is 11.1 Å². The molecule has 2 aromatic carbocycles. The van der Waals surface area contributed by atoms with Crippen LogP contribution in [0.1, 0.15) is 42.0 Å². The van der Waals surface area contributed by atoms with E-state index in [4.69, 9.17) is 11.6 Å². The van der Waals surface area contributed by atoms with Crippen LogP contribution in [0.15, 0.2) is 66.9 Å². The molecule has 2 nitrogen and oxygen atoms in total. The first-order valence-electron chi connectivity index (χ1n) is 9.19. The second-order valence-corrected chi connectivity index (χ2v) is 7.41. The summed E-state index contributed by atoms with van der Waals surface area (Å²) in [6.45, 7) is 0. The van der Waals surface area contributed by atoms with Crippen molar-refractivity contribution in [1.82, 2.24) is 4.98 Å². The first-order chi connectivity index (χ1) is 13.2. The molecule has 0 radical (unpaired) electrons. The lowest BCUT2D eigenvalue weighted by Gasteiger charge is -2.09. The summed E-state index contributed by atoms with van der Waals surface area (Å²) in [4.78, 5) is 4.45. The molecule has 2 atom stereocenters. The molecular formula is C24H20ClNO. The average Bonchev–Trinajstić information content (AvgIpc) is 3.14. The van der Waals surface area contributed by atoms with Gasteiger partial charge < -0.3 is 5.11 Å². The molecule has 0 amide bonds. The van der Waals surface area contributed by atoms with Gasteiger partial charge in [0.1, 0.15) is 5.69 Å². The van der Waals surface area contributed by atoms with E-state index in [2.05, 4.69) is 41.1 Å². The SMILES string of the molecule is OC1CCC(c2ccc(C#Cc3ccc(-c4ccc(Cl)cc4)cn3)cc2)C1. The number of hydrogen-bond donors (Lipinski definition) is 1. The molecule has 4 rings (SSSR count). The van der Waals surface area contributed by atoms with E-state index in [1.807, 2.05) is 42.6 Å². The second-order valence-electron chi connectivity index (χ2n) is 6.97. The van der Waals surface area contributed by atoms with Crippen molar-refractivity contribution in [2.24, 2.45) is 0 Å². The minimum Gasteiger partial charge on any atom is -0.393 e. The molecule has 0 spiro atoms. The second kappa shape index (κ2) is 7.96. The Labute approximate surface area is 164 Å². The predicted molar refractivity (Wildman–Crippen MR) is 110 cm³/mol. The fourth-order valence-corrected chi connectivity index (χ4v) is 3.64. The topological polar surface area (TPSA) is 33.1 Å². The molecule has 0 bridgehead atoms. The van der Waals surface area contributed by atoms with Crippen LogP contribution < -0.4 is 0 Å². The third kappa shape index (κ3) is 4.39. The van der Waals surface area contributed by atoms with E-state index >= 15 is 0 Å². The Morgan fingerprint density at radius 2 is 1.59 bits per heavy atom. The fraction of sp³-hybridized carbons (Fsp3) is 0.208. The van der Waals surface area contributed by atoms with Gasteiger partial charge in [-0.1, -0.05) is 47.9 Å². The molecule has 2 unspecified atom stereocenters. The standard InChI is InChI=1S/C24H20ClNO/c25-22-10-6-19(7-11-22)21-8-13-23(26-16-21)12-3-17-1-4-18(5-2-17)20-9-14-24(27)15-20/h1-2,4-8,10-11,13,16,20,24,27H,9,14-15H2. The third-order valence-corrected chi connectivity index (χ3v) is 5.31. The number of halogens is 1. The Morgan fingerprint density at radius 1 is 0.852 bits per heavy atom. The van der Waals surface area contributed by atoms with Crippen molar-refractivity contribution < 1.29 is 5.11 Å². The minimum atomic E-state index is -0.142. The minimum absolute atomic E-state index is 0.142. The van der Waals surface area contributed by atoms with Gasteiger partial charge in [0.15, 0.2) is 0 Å². The van der Waals surface area contributed by atoms with E-state index in [0.29, 0.717) is 5.92 Å². The van der Waals surface area contributed by atoms with Crippen LogP contribution in [-0.4, -0.2) is 16.2 Å². The molecule has 0 saturated heterocycles. The molecule has 134 valence electrons. The van der Waals surface area contributed by atoms with Gasteiger partial charge in [0.25, 0.3) is 0 Å². The molecule has 3 aromatic rings. The van der Waals surface area contributed by atoms with Gasteiger partial charge in [-0.05, 0) is 72.6 Å². The van der Waals surface area contributed by atoms with Gasteiger partial charge in [-0.2, -0.15) is 0 Å². The molecule has 3 heteroatoms. The quantitative estimate of drug-likeness (QED) is 0.607. The number of nitrogens with zero attached hydrogens (tertiary/aromatic N) is 1. The first kappa shape index (κ1) is 17.8. The van der Waals surface area contributed by atoms with Gasteiger partial charge in [0, 0.05) is 22.3 Å². The van der Waals surface area contributed by atoms with Crippen molar-refractivity contribution in [3.05, 3.63) is 88.7 Å². The van der Waals surface area contributed by atoms with Crippen LogP contribution in [0, 0.1) is 11.8 Å². The molecule has 1 saturated carbocycles. The van der Waals surface area contributed by atoms with E-state index in [0.717, 1.165) is 46.7 Å². The monoisotopic (exact) mass is 373 g/mol. The molecule has 1 aromatic heterocycles. The zero-order valence-corrected chi connectivity index (χ0v) is 15.7. The predicted octanol–water partition coefficient (Wildman–Crippen LogP) is 5.43. The summed E-state index contributed by atoms with van der Waals surface area (Å²) in [5.41, 5.74) is 5.14. The number of aromatic nitrogens is 1. The van der Waals surface area contributed by atoms with E-state index in [9.17, 15) is 5.11 Å². The summed E-state index contributed by atoms with van der Waals surface area (Å²) in [5, 5.41) is 10.4. The lowest BCUT2D eigenvalue weighted by Crippen LogP contribution is -1.99. The maximum Gasteiger partial charge on any atom is 0.113 e. The molecule has 0 aliphatic heterocycles. The van der Waals surface area contributed by atoms with Gasteiger partial charge >= 0.3 is 0 Å². The molecule has 1 heterocycles. The van der Waals surface area contributed by atoms with Crippen LogP contribution in [0.5, 0.6) is 0 Å². The number of hydrogen-bond acceptors (Lipinski definition) is 2. The number of aliphatic hydroxyl groups is 1. The van der Waals surface area contributed by atoms with Crippen molar-refractivity contribution in [3.8, 4) is 23.0 Å². The van der Waals surface area contributed by atoms with Crippen LogP contribution in [0.3, 0.4) is 0 Å². The van der Waals surface area contributed by atoms with E-state index < -0.39 is 0 Å². The van der Waals surface area contributed by atoms with Crippen LogP contribution in [-0.2, 0) is 0 Å². The van der Waals surface area contributed by atoms with Gasteiger partial charge in [-0.25, -0.2) is 4.98 Å². The zero-order chi connectivity index (χ0) is 18.6. The smallest absolute Gasteiger partial charge is 0.113 e. The van der Waals surface area contributed by atoms with Crippen molar-refractivity contribution in [2.75, 3.05) is 0 Å². The van der Waals surface area contributed by atoms with E-state index in [1.54, 1.807) is 0 Å². The molecule has 1 fully saturated rings. The normalized spacial score (nSPS) is 18.7. The van der Waals surface area contributed by atoms with Gasteiger partial charge in [0.2, 0.25) is 0 Å². The van der Waals surface area contributed by atoms with Crippen molar-refractivity contribution >= 4 is 11.6 Å². The highest BCUT2D eigenvalue weighted by molar-refractivity contribution is 6.30. The zero-order valence-electron chi connectivity index (χ0n) is 14.9. The largest absolute Gasteiger partial charge is 0.393 e. The summed E-state index contributed by atoms with van der Waals surface area (Å²) in [7, 11) is 0. The summed E-state index contributed by atoms with van der Waals surface area (Å²) in [6, 6.07) is 20.0. The average molecular weight is 374 g/mol. The lowest BCUT2D eigenvalue weighted by atomic mass is 9.96. The molecule has 27 heavy (non-hydrogen) atoms. The summed E-state index contributed by atoms with van der Waals surface area (Å²) < 4.78 is 0. The summed E-state index contributed by atoms with van der Waals surface area (Å²) in [5.74, 6) is 6.77. The summed E-state index contributed by atoms with van der Waals surface area (Å²) >= 11 is 5.93. The molecular weight excluding hydrogens is 354 g/mol. The number of aliphatic hydroxyl groups excluding tert-OH is 1.